The van der Waals surface area contributed by atoms with Crippen LogP contribution in [-0.2, 0) is 16.1 Å². The monoisotopic (exact) mass is 402 g/mol. The summed E-state index contributed by atoms with van der Waals surface area (Å²) < 4.78 is 0. The molecule has 0 aromatic heterocycles. The Balaban J connectivity index is 2.27. The summed E-state index contributed by atoms with van der Waals surface area (Å²) in [6.07, 6.45) is 3.67. The van der Waals surface area contributed by atoms with Gasteiger partial charge in [0.05, 0.1) is 0 Å². The van der Waals surface area contributed by atoms with E-state index in [1.807, 2.05) is 51.3 Å². The van der Waals surface area contributed by atoms with Crippen LogP contribution < -0.4 is 10.2 Å². The third-order valence-electron chi connectivity index (χ3n) is 5.60. The molecular formula is C23H38N4O2. The maximum absolute atomic E-state index is 13.2. The van der Waals surface area contributed by atoms with Crippen LogP contribution >= 0.6 is 0 Å². The maximum Gasteiger partial charge on any atom is 0.227 e. The van der Waals surface area contributed by atoms with Gasteiger partial charge in [0.2, 0.25) is 11.8 Å². The second-order valence-corrected chi connectivity index (χ2v) is 8.58. The second kappa shape index (κ2) is 10.6. The van der Waals surface area contributed by atoms with Crippen LogP contribution in [0, 0.1) is 11.8 Å². The van der Waals surface area contributed by atoms with Crippen LogP contribution in [0.2, 0.25) is 0 Å². The summed E-state index contributed by atoms with van der Waals surface area (Å²) in [7, 11) is 8.07. The first-order valence-electron chi connectivity index (χ1n) is 10.8. The van der Waals surface area contributed by atoms with Crippen LogP contribution in [0.1, 0.15) is 45.1 Å². The lowest BCUT2D eigenvalue weighted by Crippen LogP contribution is -2.40. The van der Waals surface area contributed by atoms with Crippen molar-refractivity contribution < 1.29 is 9.59 Å². The Morgan fingerprint density at radius 1 is 1.07 bits per heavy atom. The molecule has 0 atom stereocenters. The molecule has 1 aliphatic rings. The standard InChI is InChI=1S/C23H38N4O2/c1-7-17(8-2)23(29)27(14-13-25(3)4)16-19-15-20(11-12-21(19)26(5)6)24-22(28)18-9-10-18/h11-12,15,17-18H,7-10,13-14,16H2,1-6H3,(H,24,28). The summed E-state index contributed by atoms with van der Waals surface area (Å²) in [4.78, 5) is 31.5. The summed E-state index contributed by atoms with van der Waals surface area (Å²) in [6.45, 7) is 6.21. The van der Waals surface area contributed by atoms with E-state index in [9.17, 15) is 9.59 Å². The molecule has 1 N–H and O–H groups in total. The van der Waals surface area contributed by atoms with E-state index in [4.69, 9.17) is 0 Å². The first-order chi connectivity index (χ1) is 13.8. The Morgan fingerprint density at radius 2 is 1.72 bits per heavy atom. The van der Waals surface area contributed by atoms with Gasteiger partial charge in [-0.1, -0.05) is 13.8 Å². The quantitative estimate of drug-likeness (QED) is 0.616. The number of likely N-dealkylation sites (N-methyl/N-ethyl adjacent to an activating group) is 1. The minimum atomic E-state index is 0.0534. The van der Waals surface area contributed by atoms with E-state index >= 15 is 0 Å². The van der Waals surface area contributed by atoms with Crippen molar-refractivity contribution in [1.29, 1.82) is 0 Å². The Kier molecular flexibility index (Phi) is 8.50. The Bertz CT molecular complexity index is 694. The molecule has 1 saturated carbocycles. The Morgan fingerprint density at radius 3 is 2.24 bits per heavy atom. The van der Waals surface area contributed by atoms with Crippen molar-refractivity contribution in [3.63, 3.8) is 0 Å². The third-order valence-corrected chi connectivity index (χ3v) is 5.60. The molecular weight excluding hydrogens is 364 g/mol. The fraction of sp³-hybridized carbons (Fsp3) is 0.652. The lowest BCUT2D eigenvalue weighted by Gasteiger charge is -2.30. The van der Waals surface area contributed by atoms with Crippen LogP contribution in [0.4, 0.5) is 11.4 Å². The molecule has 2 amide bonds. The van der Waals surface area contributed by atoms with Gasteiger partial charge < -0.3 is 20.0 Å². The summed E-state index contributed by atoms with van der Waals surface area (Å²) in [5, 5.41) is 3.04. The lowest BCUT2D eigenvalue weighted by atomic mass is 10.0. The van der Waals surface area contributed by atoms with E-state index in [0.29, 0.717) is 13.1 Å². The first-order valence-corrected chi connectivity index (χ1v) is 10.8. The van der Waals surface area contributed by atoms with Gasteiger partial charge in [-0.3, -0.25) is 9.59 Å². The predicted octanol–water partition coefficient (Wildman–Crippen LogP) is 3.43. The summed E-state index contributed by atoms with van der Waals surface area (Å²) >= 11 is 0. The topological polar surface area (TPSA) is 55.9 Å². The van der Waals surface area contributed by atoms with Gasteiger partial charge in [0.25, 0.3) is 0 Å². The third kappa shape index (κ3) is 6.74. The molecule has 0 aliphatic heterocycles. The minimum Gasteiger partial charge on any atom is -0.377 e. The van der Waals surface area contributed by atoms with Crippen molar-refractivity contribution in [2.75, 3.05) is 51.5 Å². The fourth-order valence-corrected chi connectivity index (χ4v) is 3.51. The minimum absolute atomic E-state index is 0.0534. The molecule has 6 nitrogen and oxygen atoms in total. The molecule has 2 rings (SSSR count). The van der Waals surface area contributed by atoms with Crippen molar-refractivity contribution in [2.45, 2.75) is 46.1 Å². The first kappa shape index (κ1) is 23.2. The van der Waals surface area contributed by atoms with Crippen LogP contribution in [-0.4, -0.2) is 62.9 Å². The van der Waals surface area contributed by atoms with Crippen molar-refractivity contribution in [2.24, 2.45) is 11.8 Å². The zero-order valence-corrected chi connectivity index (χ0v) is 19.0. The molecule has 1 aliphatic carbocycles. The van der Waals surface area contributed by atoms with E-state index in [-0.39, 0.29) is 23.7 Å². The van der Waals surface area contributed by atoms with Crippen LogP contribution in [0.3, 0.4) is 0 Å². The molecule has 1 fully saturated rings. The molecule has 1 aromatic carbocycles. The highest BCUT2D eigenvalue weighted by molar-refractivity contribution is 5.94. The van der Waals surface area contributed by atoms with Crippen LogP contribution in [0.5, 0.6) is 0 Å². The van der Waals surface area contributed by atoms with Crippen molar-refractivity contribution in [3.8, 4) is 0 Å². The van der Waals surface area contributed by atoms with Crippen molar-refractivity contribution in [3.05, 3.63) is 23.8 Å². The van der Waals surface area contributed by atoms with E-state index in [1.165, 1.54) is 0 Å². The summed E-state index contributed by atoms with van der Waals surface area (Å²) in [6, 6.07) is 6.01. The Labute approximate surface area is 176 Å². The maximum atomic E-state index is 13.2. The van der Waals surface area contributed by atoms with Gasteiger partial charge in [0.1, 0.15) is 0 Å². The lowest BCUT2D eigenvalue weighted by molar-refractivity contribution is -0.136. The molecule has 0 saturated heterocycles. The predicted molar refractivity (Wildman–Crippen MR) is 120 cm³/mol. The molecule has 6 heteroatoms. The molecule has 0 unspecified atom stereocenters. The van der Waals surface area contributed by atoms with E-state index in [1.54, 1.807) is 0 Å². The van der Waals surface area contributed by atoms with Crippen LogP contribution in [0.25, 0.3) is 0 Å². The van der Waals surface area contributed by atoms with Gasteiger partial charge in [-0.25, -0.2) is 0 Å². The average Bonchev–Trinajstić information content (AvgIpc) is 3.51. The summed E-state index contributed by atoms with van der Waals surface area (Å²) in [5.41, 5.74) is 2.94. The van der Waals surface area contributed by atoms with E-state index in [0.717, 1.165) is 49.2 Å². The number of hydrogen-bond acceptors (Lipinski definition) is 4. The molecule has 1 aromatic rings. The number of carbonyl (C=O) groups excluding carboxylic acids is 2. The van der Waals surface area contributed by atoms with Crippen LogP contribution in [0.15, 0.2) is 18.2 Å². The second-order valence-electron chi connectivity index (χ2n) is 8.58. The summed E-state index contributed by atoms with van der Waals surface area (Å²) in [5.74, 6) is 0.540. The SMILES string of the molecule is CCC(CC)C(=O)N(CCN(C)C)Cc1cc(NC(=O)C2CC2)ccc1N(C)C. The number of rotatable bonds is 11. The number of benzene rings is 1. The normalized spacial score (nSPS) is 13.7. The molecule has 162 valence electrons. The van der Waals surface area contributed by atoms with Gasteiger partial charge in [0, 0.05) is 56.9 Å². The van der Waals surface area contributed by atoms with Gasteiger partial charge in [-0.15, -0.1) is 0 Å². The largest absolute Gasteiger partial charge is 0.377 e. The number of amides is 2. The highest BCUT2D eigenvalue weighted by Crippen LogP contribution is 2.31. The Hall–Kier alpha value is -2.08. The number of anilines is 2. The highest BCUT2D eigenvalue weighted by Gasteiger charge is 2.30. The number of hydrogen-bond donors (Lipinski definition) is 1. The highest BCUT2D eigenvalue weighted by atomic mass is 16.2. The molecule has 0 radical (unpaired) electrons. The van der Waals surface area contributed by atoms with Gasteiger partial charge in [0.15, 0.2) is 0 Å². The number of carbonyl (C=O) groups is 2. The smallest absolute Gasteiger partial charge is 0.227 e. The number of nitrogens with one attached hydrogen (secondary N) is 1. The molecule has 0 bridgehead atoms. The molecule has 29 heavy (non-hydrogen) atoms. The number of nitrogens with zero attached hydrogens (tertiary/aromatic N) is 3. The zero-order chi connectivity index (χ0) is 21.6. The molecule has 0 heterocycles. The van der Waals surface area contributed by atoms with E-state index in [2.05, 4.69) is 29.0 Å². The van der Waals surface area contributed by atoms with Gasteiger partial charge >= 0.3 is 0 Å². The van der Waals surface area contributed by atoms with Crippen molar-refractivity contribution in [1.82, 2.24) is 9.80 Å². The molecule has 0 spiro atoms. The van der Waals surface area contributed by atoms with Gasteiger partial charge in [-0.2, -0.15) is 0 Å². The van der Waals surface area contributed by atoms with Gasteiger partial charge in [-0.05, 0) is 63.5 Å². The fourth-order valence-electron chi connectivity index (χ4n) is 3.51. The zero-order valence-electron chi connectivity index (χ0n) is 19.0. The van der Waals surface area contributed by atoms with Crippen molar-refractivity contribution >= 4 is 23.2 Å². The average molecular weight is 403 g/mol. The van der Waals surface area contributed by atoms with E-state index < -0.39 is 0 Å².